The van der Waals surface area contributed by atoms with Crippen molar-refractivity contribution in [1.82, 2.24) is 20.4 Å². The summed E-state index contributed by atoms with van der Waals surface area (Å²) in [6, 6.07) is 4.73. The van der Waals surface area contributed by atoms with Crippen molar-refractivity contribution >= 4 is 23.8 Å². The highest BCUT2D eigenvalue weighted by atomic mass is 16.5. The normalized spacial score (nSPS) is 26.9. The SMILES string of the molecule is CC(C(=O)N[C@H]1CCO[C@H]2CC[C@@H](C(=O)NC3CCOc4ccccc43)N2C1=O)N(C)C(=O)O. The molecule has 1 aromatic rings. The maximum atomic E-state index is 13.4. The summed E-state index contributed by atoms with van der Waals surface area (Å²) in [6.45, 7) is 2.17. The zero-order chi connectivity index (χ0) is 24.4. The Morgan fingerprint density at radius 2 is 1.82 bits per heavy atom. The second-order valence-electron chi connectivity index (χ2n) is 8.82. The summed E-state index contributed by atoms with van der Waals surface area (Å²) < 4.78 is 11.5. The quantitative estimate of drug-likeness (QED) is 0.575. The number of ether oxygens (including phenoxy) is 2. The number of nitrogens with one attached hydrogen (secondary N) is 2. The van der Waals surface area contributed by atoms with Gasteiger partial charge in [-0.25, -0.2) is 4.79 Å². The van der Waals surface area contributed by atoms with Crippen LogP contribution in [-0.2, 0) is 19.1 Å². The molecule has 0 bridgehead atoms. The number of carbonyl (C=O) groups excluding carboxylic acids is 3. The molecule has 11 nitrogen and oxygen atoms in total. The number of hydrogen-bond donors (Lipinski definition) is 3. The van der Waals surface area contributed by atoms with E-state index >= 15 is 0 Å². The van der Waals surface area contributed by atoms with Gasteiger partial charge in [0, 0.05) is 25.5 Å². The zero-order valence-corrected chi connectivity index (χ0v) is 19.2. The molecule has 3 N–H and O–H groups in total. The van der Waals surface area contributed by atoms with Gasteiger partial charge in [0.2, 0.25) is 17.7 Å². The number of likely N-dealkylation sites (N-methyl/N-ethyl adjacent to an activating group) is 1. The maximum Gasteiger partial charge on any atom is 0.407 e. The van der Waals surface area contributed by atoms with Gasteiger partial charge in [0.15, 0.2) is 0 Å². The van der Waals surface area contributed by atoms with E-state index in [1.54, 1.807) is 0 Å². The fourth-order valence-electron chi connectivity index (χ4n) is 4.65. The number of hydrogen-bond acceptors (Lipinski definition) is 6. The molecule has 0 saturated carbocycles. The predicted octanol–water partition coefficient (Wildman–Crippen LogP) is 0.847. The lowest BCUT2D eigenvalue weighted by Gasteiger charge is -2.32. The zero-order valence-electron chi connectivity index (χ0n) is 19.2. The van der Waals surface area contributed by atoms with Crippen LogP contribution in [0.4, 0.5) is 4.79 Å². The van der Waals surface area contributed by atoms with Gasteiger partial charge >= 0.3 is 6.09 Å². The largest absolute Gasteiger partial charge is 0.493 e. The van der Waals surface area contributed by atoms with E-state index in [1.165, 1.54) is 18.9 Å². The summed E-state index contributed by atoms with van der Waals surface area (Å²) in [5, 5.41) is 14.8. The van der Waals surface area contributed by atoms with Crippen LogP contribution >= 0.6 is 0 Å². The summed E-state index contributed by atoms with van der Waals surface area (Å²) in [5.41, 5.74) is 0.900. The molecule has 3 aliphatic heterocycles. The van der Waals surface area contributed by atoms with Crippen molar-refractivity contribution in [3.8, 4) is 5.75 Å². The van der Waals surface area contributed by atoms with Crippen LogP contribution in [0.25, 0.3) is 0 Å². The molecule has 4 amide bonds. The van der Waals surface area contributed by atoms with Gasteiger partial charge in [-0.15, -0.1) is 0 Å². The number of amides is 4. The summed E-state index contributed by atoms with van der Waals surface area (Å²) >= 11 is 0. The van der Waals surface area contributed by atoms with Crippen molar-refractivity contribution in [2.45, 2.75) is 63.0 Å². The molecule has 0 spiro atoms. The average molecular weight is 475 g/mol. The van der Waals surface area contributed by atoms with Crippen molar-refractivity contribution in [1.29, 1.82) is 0 Å². The van der Waals surface area contributed by atoms with Gasteiger partial charge in [-0.3, -0.25) is 19.3 Å². The second-order valence-corrected chi connectivity index (χ2v) is 8.82. The van der Waals surface area contributed by atoms with Crippen LogP contribution in [0.5, 0.6) is 5.75 Å². The molecule has 0 aromatic heterocycles. The smallest absolute Gasteiger partial charge is 0.407 e. The van der Waals surface area contributed by atoms with Gasteiger partial charge in [0.1, 0.15) is 30.1 Å². The van der Waals surface area contributed by atoms with Crippen LogP contribution in [0, 0.1) is 0 Å². The highest BCUT2D eigenvalue weighted by Gasteiger charge is 2.46. The number of carbonyl (C=O) groups is 4. The number of para-hydroxylation sites is 1. The Morgan fingerprint density at radius 1 is 1.09 bits per heavy atom. The molecule has 2 saturated heterocycles. The number of fused-ring (bicyclic) bond motifs is 2. The molecule has 3 heterocycles. The molecule has 2 unspecified atom stereocenters. The van der Waals surface area contributed by atoms with Gasteiger partial charge in [-0.2, -0.15) is 0 Å². The third kappa shape index (κ3) is 4.65. The topological polar surface area (TPSA) is 138 Å². The van der Waals surface area contributed by atoms with Crippen molar-refractivity contribution < 1.29 is 33.8 Å². The van der Waals surface area contributed by atoms with Crippen LogP contribution in [-0.4, -0.2) is 83.3 Å². The molecule has 11 heteroatoms. The van der Waals surface area contributed by atoms with Crippen molar-refractivity contribution in [2.75, 3.05) is 20.3 Å². The molecule has 2 fully saturated rings. The first-order valence-corrected chi connectivity index (χ1v) is 11.5. The number of nitrogens with zero attached hydrogens (tertiary/aromatic N) is 2. The minimum absolute atomic E-state index is 0.220. The Morgan fingerprint density at radius 3 is 2.59 bits per heavy atom. The van der Waals surface area contributed by atoms with E-state index < -0.39 is 42.3 Å². The Kier molecular flexibility index (Phi) is 6.92. The standard InChI is InChI=1S/C23H30N4O7/c1-13(26(2)23(31)32)20(28)25-16-10-12-34-19-8-7-17(27(19)22(16)30)21(29)24-15-9-11-33-18-6-4-3-5-14(15)18/h3-6,13,15-17,19H,7-12H2,1-2H3,(H,24,29)(H,25,28)(H,31,32)/t13?,15?,16-,17-,19-/m0/s1. The maximum absolute atomic E-state index is 13.4. The Balaban J connectivity index is 1.46. The summed E-state index contributed by atoms with van der Waals surface area (Å²) in [7, 11) is 1.29. The van der Waals surface area contributed by atoms with E-state index in [0.29, 0.717) is 25.9 Å². The van der Waals surface area contributed by atoms with E-state index in [0.717, 1.165) is 16.2 Å². The number of rotatable bonds is 5. The van der Waals surface area contributed by atoms with E-state index in [4.69, 9.17) is 14.6 Å². The number of carboxylic acid groups (broad SMARTS) is 1. The van der Waals surface area contributed by atoms with E-state index in [-0.39, 0.29) is 25.0 Å². The Bertz CT molecular complexity index is 970. The van der Waals surface area contributed by atoms with Crippen LogP contribution in [0.15, 0.2) is 24.3 Å². The lowest BCUT2D eigenvalue weighted by atomic mass is 10.00. The van der Waals surface area contributed by atoms with Gasteiger partial charge in [-0.05, 0) is 25.8 Å². The lowest BCUT2D eigenvalue weighted by molar-refractivity contribution is -0.149. The van der Waals surface area contributed by atoms with Gasteiger partial charge in [0.25, 0.3) is 0 Å². The summed E-state index contributed by atoms with van der Waals surface area (Å²) in [4.78, 5) is 52.7. The van der Waals surface area contributed by atoms with E-state index in [1.807, 2.05) is 24.3 Å². The van der Waals surface area contributed by atoms with Crippen molar-refractivity contribution in [2.24, 2.45) is 0 Å². The molecule has 184 valence electrons. The highest BCUT2D eigenvalue weighted by Crippen LogP contribution is 2.33. The Labute approximate surface area is 197 Å². The number of benzene rings is 1. The summed E-state index contributed by atoms with van der Waals surface area (Å²) in [6.07, 6.45) is 0.0501. The predicted molar refractivity (Wildman–Crippen MR) is 119 cm³/mol. The minimum Gasteiger partial charge on any atom is -0.493 e. The molecule has 34 heavy (non-hydrogen) atoms. The second kappa shape index (κ2) is 9.88. The third-order valence-corrected chi connectivity index (χ3v) is 6.76. The fourth-order valence-corrected chi connectivity index (χ4v) is 4.65. The summed E-state index contributed by atoms with van der Waals surface area (Å²) in [5.74, 6) is -0.514. The molecule has 0 radical (unpaired) electrons. The van der Waals surface area contributed by atoms with E-state index in [2.05, 4.69) is 10.6 Å². The van der Waals surface area contributed by atoms with Crippen LogP contribution in [0.2, 0.25) is 0 Å². The molecule has 0 aliphatic carbocycles. The monoisotopic (exact) mass is 474 g/mol. The van der Waals surface area contributed by atoms with Crippen LogP contribution in [0.1, 0.15) is 44.2 Å². The van der Waals surface area contributed by atoms with Gasteiger partial charge < -0.3 is 30.1 Å². The molecule has 1 aromatic carbocycles. The van der Waals surface area contributed by atoms with Gasteiger partial charge in [0.05, 0.1) is 19.3 Å². The highest BCUT2D eigenvalue weighted by molar-refractivity contribution is 5.94. The van der Waals surface area contributed by atoms with Crippen molar-refractivity contribution in [3.05, 3.63) is 29.8 Å². The van der Waals surface area contributed by atoms with E-state index in [9.17, 15) is 19.2 Å². The minimum atomic E-state index is -1.25. The average Bonchev–Trinajstić information content (AvgIpc) is 3.19. The third-order valence-electron chi connectivity index (χ3n) is 6.76. The molecule has 5 atom stereocenters. The first-order chi connectivity index (χ1) is 16.3. The molecular formula is C23H30N4O7. The first kappa shape index (κ1) is 23.8. The molecular weight excluding hydrogens is 444 g/mol. The lowest BCUT2D eigenvalue weighted by Crippen LogP contribution is -2.57. The molecule has 4 rings (SSSR count). The van der Waals surface area contributed by atoms with Gasteiger partial charge in [-0.1, -0.05) is 18.2 Å². The van der Waals surface area contributed by atoms with Crippen LogP contribution < -0.4 is 15.4 Å². The Hall–Kier alpha value is -3.34. The fraction of sp³-hybridized carbons (Fsp3) is 0.565. The van der Waals surface area contributed by atoms with Crippen LogP contribution in [0.3, 0.4) is 0 Å². The first-order valence-electron chi connectivity index (χ1n) is 11.5. The van der Waals surface area contributed by atoms with Crippen molar-refractivity contribution in [3.63, 3.8) is 0 Å². The molecule has 3 aliphatic rings.